The van der Waals surface area contributed by atoms with Crippen LogP contribution in [-0.4, -0.2) is 51.9 Å². The molecule has 184 valence electrons. The molecule has 0 aromatic heterocycles. The van der Waals surface area contributed by atoms with Crippen molar-refractivity contribution in [2.45, 2.75) is 32.4 Å². The predicted molar refractivity (Wildman–Crippen MR) is 125 cm³/mol. The van der Waals surface area contributed by atoms with Gasteiger partial charge in [-0.25, -0.2) is 8.42 Å². The molecular formula is C22H27N3O8S. The van der Waals surface area contributed by atoms with Gasteiger partial charge in [-0.1, -0.05) is 13.0 Å². The maximum Gasteiger partial charge on any atom is 0.271 e. The molecule has 2 unspecified atom stereocenters. The van der Waals surface area contributed by atoms with Crippen molar-refractivity contribution in [1.82, 2.24) is 5.32 Å². The van der Waals surface area contributed by atoms with E-state index in [-0.39, 0.29) is 23.5 Å². The summed E-state index contributed by atoms with van der Waals surface area (Å²) in [5.74, 6) is 0.697. The lowest BCUT2D eigenvalue weighted by Gasteiger charge is -2.32. The topological polar surface area (TPSA) is 137 Å². The van der Waals surface area contributed by atoms with Gasteiger partial charge in [0.25, 0.3) is 5.69 Å². The maximum absolute atomic E-state index is 13.3. The van der Waals surface area contributed by atoms with Crippen LogP contribution < -0.4 is 23.8 Å². The Morgan fingerprint density at radius 2 is 1.88 bits per heavy atom. The van der Waals surface area contributed by atoms with E-state index in [1.807, 2.05) is 0 Å². The van der Waals surface area contributed by atoms with Crippen molar-refractivity contribution in [3.05, 3.63) is 52.1 Å². The summed E-state index contributed by atoms with van der Waals surface area (Å²) >= 11 is 0. The molecule has 0 bridgehead atoms. The Bertz CT molecular complexity index is 1180. The third-order valence-corrected chi connectivity index (χ3v) is 6.53. The fourth-order valence-electron chi connectivity index (χ4n) is 3.72. The quantitative estimate of drug-likeness (QED) is 0.416. The van der Waals surface area contributed by atoms with Gasteiger partial charge in [0.2, 0.25) is 15.9 Å². The van der Waals surface area contributed by atoms with Gasteiger partial charge in [-0.2, -0.15) is 0 Å². The van der Waals surface area contributed by atoms with Gasteiger partial charge in [0, 0.05) is 12.1 Å². The highest BCUT2D eigenvalue weighted by Gasteiger charge is 2.35. The lowest BCUT2D eigenvalue weighted by atomic mass is 10.1. The number of sulfonamides is 1. The minimum Gasteiger partial charge on any atom is -0.495 e. The molecule has 1 N–H and O–H groups in total. The molecule has 2 aromatic rings. The Balaban J connectivity index is 1.93. The number of nitrogens with zero attached hydrogens (tertiary/aromatic N) is 2. The molecule has 0 saturated carbocycles. The van der Waals surface area contributed by atoms with E-state index in [0.717, 1.165) is 22.2 Å². The van der Waals surface area contributed by atoms with Crippen molar-refractivity contribution in [1.29, 1.82) is 0 Å². The average molecular weight is 494 g/mol. The molecule has 0 fully saturated rings. The number of carbonyl (C=O) groups excluding carboxylic acids is 1. The van der Waals surface area contributed by atoms with Crippen molar-refractivity contribution < 1.29 is 32.3 Å². The minimum atomic E-state index is -4.03. The Hall–Kier alpha value is -3.54. The van der Waals surface area contributed by atoms with Crippen LogP contribution in [0, 0.1) is 10.1 Å². The second-order valence-corrected chi connectivity index (χ2v) is 9.59. The first-order chi connectivity index (χ1) is 16.1. The molecule has 2 aromatic carbocycles. The summed E-state index contributed by atoms with van der Waals surface area (Å²) in [6.45, 7) is 4.29. The van der Waals surface area contributed by atoms with E-state index in [0.29, 0.717) is 24.7 Å². The van der Waals surface area contributed by atoms with Crippen LogP contribution in [0.4, 0.5) is 11.4 Å². The number of non-ortho nitro benzene ring substituents is 1. The van der Waals surface area contributed by atoms with Crippen LogP contribution in [0.2, 0.25) is 0 Å². The number of nitro benzene ring substituents is 1. The highest BCUT2D eigenvalue weighted by atomic mass is 32.2. The van der Waals surface area contributed by atoms with Gasteiger partial charge < -0.3 is 19.5 Å². The Labute approximate surface area is 197 Å². The van der Waals surface area contributed by atoms with Crippen LogP contribution in [0.15, 0.2) is 36.4 Å². The standard InChI is InChI=1S/C22H27N3O8S/c1-5-17(22(26)23-14(2)15-6-8-20-21(12-15)33-11-10-32-20)24(34(4,29)30)18-13-16(25(27)28)7-9-19(18)31-3/h6-9,12-14,17H,5,10-11H2,1-4H3,(H,23,26). The highest BCUT2D eigenvalue weighted by Crippen LogP contribution is 2.36. The third-order valence-electron chi connectivity index (χ3n) is 5.37. The first kappa shape index (κ1) is 25.1. The number of nitro groups is 1. The number of hydrogen-bond acceptors (Lipinski definition) is 8. The molecule has 2 atom stereocenters. The molecule has 34 heavy (non-hydrogen) atoms. The molecule has 0 radical (unpaired) electrons. The fourth-order valence-corrected chi connectivity index (χ4v) is 4.93. The zero-order chi connectivity index (χ0) is 25.0. The molecule has 0 aliphatic carbocycles. The molecule has 0 spiro atoms. The average Bonchev–Trinajstić information content (AvgIpc) is 2.80. The van der Waals surface area contributed by atoms with Crippen molar-refractivity contribution in [3.8, 4) is 17.2 Å². The van der Waals surface area contributed by atoms with Gasteiger partial charge in [0.1, 0.15) is 30.7 Å². The molecule has 3 rings (SSSR count). The van der Waals surface area contributed by atoms with E-state index < -0.39 is 32.9 Å². The van der Waals surface area contributed by atoms with Crippen molar-refractivity contribution >= 4 is 27.3 Å². The van der Waals surface area contributed by atoms with Gasteiger partial charge in [-0.3, -0.25) is 19.2 Å². The van der Waals surface area contributed by atoms with E-state index in [1.54, 1.807) is 32.0 Å². The van der Waals surface area contributed by atoms with Crippen LogP contribution in [0.3, 0.4) is 0 Å². The zero-order valence-corrected chi connectivity index (χ0v) is 20.1. The number of ether oxygens (including phenoxy) is 3. The molecule has 1 amide bonds. The Morgan fingerprint density at radius 1 is 1.21 bits per heavy atom. The summed E-state index contributed by atoms with van der Waals surface area (Å²) in [6, 6.07) is 7.23. The maximum atomic E-state index is 13.3. The van der Waals surface area contributed by atoms with Gasteiger partial charge in [-0.15, -0.1) is 0 Å². The summed E-state index contributed by atoms with van der Waals surface area (Å²) < 4.78 is 42.8. The lowest BCUT2D eigenvalue weighted by molar-refractivity contribution is -0.384. The van der Waals surface area contributed by atoms with Crippen LogP contribution in [0.1, 0.15) is 31.9 Å². The molecule has 0 saturated heterocycles. The summed E-state index contributed by atoms with van der Waals surface area (Å²) in [7, 11) is -2.71. The van der Waals surface area contributed by atoms with E-state index in [2.05, 4.69) is 5.32 Å². The Kier molecular flexibility index (Phi) is 7.50. The first-order valence-corrected chi connectivity index (χ1v) is 12.4. The van der Waals surface area contributed by atoms with Crippen LogP contribution >= 0.6 is 0 Å². The van der Waals surface area contributed by atoms with Gasteiger partial charge in [-0.05, 0) is 37.1 Å². The van der Waals surface area contributed by atoms with Gasteiger partial charge in [0.05, 0.1) is 24.3 Å². The van der Waals surface area contributed by atoms with Gasteiger partial charge in [0.15, 0.2) is 11.5 Å². The summed E-state index contributed by atoms with van der Waals surface area (Å²) in [6.07, 6.45) is 1.05. The van der Waals surface area contributed by atoms with E-state index in [9.17, 15) is 23.3 Å². The van der Waals surface area contributed by atoms with E-state index >= 15 is 0 Å². The lowest BCUT2D eigenvalue weighted by Crippen LogP contribution is -2.49. The Morgan fingerprint density at radius 3 is 2.47 bits per heavy atom. The molecule has 1 aliphatic rings. The van der Waals surface area contributed by atoms with Crippen molar-refractivity contribution in [2.75, 3.05) is 30.9 Å². The summed E-state index contributed by atoms with van der Waals surface area (Å²) in [5.41, 5.74) is 0.323. The molecule has 1 heterocycles. The normalized spacial score (nSPS) is 14.6. The zero-order valence-electron chi connectivity index (χ0n) is 19.3. The van der Waals surface area contributed by atoms with E-state index in [1.165, 1.54) is 19.2 Å². The van der Waals surface area contributed by atoms with Crippen LogP contribution in [0.25, 0.3) is 0 Å². The number of benzene rings is 2. The minimum absolute atomic E-state index is 0.0853. The molecule has 12 heteroatoms. The smallest absolute Gasteiger partial charge is 0.271 e. The number of amides is 1. The van der Waals surface area contributed by atoms with E-state index in [4.69, 9.17) is 14.2 Å². The summed E-state index contributed by atoms with van der Waals surface area (Å²) in [4.78, 5) is 23.9. The number of hydrogen-bond donors (Lipinski definition) is 1. The van der Waals surface area contributed by atoms with Gasteiger partial charge >= 0.3 is 0 Å². The number of fused-ring (bicyclic) bond motifs is 1. The van der Waals surface area contributed by atoms with Crippen molar-refractivity contribution in [2.24, 2.45) is 0 Å². The number of carbonyl (C=O) groups is 1. The van der Waals surface area contributed by atoms with Crippen molar-refractivity contribution in [3.63, 3.8) is 0 Å². The number of rotatable bonds is 9. The second kappa shape index (κ2) is 10.2. The SMILES string of the molecule is CCC(C(=O)NC(C)c1ccc2c(c1)OCCO2)N(c1cc([N+](=O)[O-])ccc1OC)S(C)(=O)=O. The summed E-state index contributed by atoms with van der Waals surface area (Å²) in [5, 5.41) is 14.1. The number of anilines is 1. The van der Waals surface area contributed by atoms with Crippen LogP contribution in [-0.2, 0) is 14.8 Å². The second-order valence-electron chi connectivity index (χ2n) is 7.73. The molecule has 1 aliphatic heterocycles. The number of nitrogens with one attached hydrogen (secondary N) is 1. The monoisotopic (exact) mass is 493 g/mol. The predicted octanol–water partition coefficient (Wildman–Crippen LogP) is 2.80. The molecular weight excluding hydrogens is 466 g/mol. The molecule has 11 nitrogen and oxygen atoms in total. The first-order valence-electron chi connectivity index (χ1n) is 10.6. The highest BCUT2D eigenvalue weighted by molar-refractivity contribution is 7.92. The van der Waals surface area contributed by atoms with Crippen LogP contribution in [0.5, 0.6) is 17.2 Å². The number of methoxy groups -OCH3 is 1. The fraction of sp³-hybridized carbons (Fsp3) is 0.409. The largest absolute Gasteiger partial charge is 0.495 e. The third kappa shape index (κ3) is 5.33.